The molecule has 0 saturated carbocycles. The van der Waals surface area contributed by atoms with Crippen LogP contribution in [0, 0.1) is 41.5 Å². The Morgan fingerprint density at radius 3 is 0.970 bits per heavy atom. The predicted molar refractivity (Wildman–Crippen MR) is 286 cm³/mol. The molecule has 0 unspecified atom stereocenters. The number of hydrogen-bond acceptors (Lipinski definition) is 2. The van der Waals surface area contributed by atoms with Crippen LogP contribution in [0.25, 0.3) is 46.6 Å². The van der Waals surface area contributed by atoms with Crippen molar-refractivity contribution in [1.82, 2.24) is 0 Å². The van der Waals surface area contributed by atoms with Gasteiger partial charge >= 0.3 is 0 Å². The molecular weight excluding hydrogens is 797 g/mol. The van der Waals surface area contributed by atoms with Gasteiger partial charge in [0, 0.05) is 34.1 Å². The van der Waals surface area contributed by atoms with Gasteiger partial charge in [0.1, 0.15) is 0 Å². The van der Waals surface area contributed by atoms with Crippen LogP contribution in [0.4, 0.5) is 34.1 Å². The van der Waals surface area contributed by atoms with E-state index in [0.717, 1.165) is 28.3 Å². The molecule has 2 nitrogen and oxygen atoms in total. The minimum Gasteiger partial charge on any atom is -0.310 e. The summed E-state index contributed by atoms with van der Waals surface area (Å²) in [5, 5.41) is 0. The number of nitrogens with zero attached hydrogens (tertiary/aromatic N) is 2. The van der Waals surface area contributed by atoms with Gasteiger partial charge in [0.25, 0.3) is 0 Å². The number of hydrogen-bond donors (Lipinski definition) is 0. The Morgan fingerprint density at radius 2 is 0.591 bits per heavy atom. The zero-order chi connectivity index (χ0) is 45.6. The molecule has 9 aromatic rings. The molecular formula is C64H56N2. The Hall–Kier alpha value is -7.94. The lowest BCUT2D eigenvalue weighted by Gasteiger charge is -2.27. The Labute approximate surface area is 392 Å². The first-order valence-electron chi connectivity index (χ1n) is 22.9. The Kier molecular flexibility index (Phi) is 12.8. The van der Waals surface area contributed by atoms with Crippen molar-refractivity contribution in [1.29, 1.82) is 0 Å². The second-order valence-electron chi connectivity index (χ2n) is 17.5. The molecule has 9 rings (SSSR count). The van der Waals surface area contributed by atoms with E-state index in [0.29, 0.717) is 0 Å². The van der Waals surface area contributed by atoms with Crippen molar-refractivity contribution in [3.05, 3.63) is 262 Å². The van der Waals surface area contributed by atoms with Crippen molar-refractivity contribution in [3.63, 3.8) is 0 Å². The highest BCUT2D eigenvalue weighted by atomic mass is 15.1. The van der Waals surface area contributed by atoms with Crippen molar-refractivity contribution < 1.29 is 0 Å². The van der Waals surface area contributed by atoms with E-state index in [-0.39, 0.29) is 0 Å². The van der Waals surface area contributed by atoms with Crippen LogP contribution in [-0.4, -0.2) is 0 Å². The van der Waals surface area contributed by atoms with Gasteiger partial charge in [0.2, 0.25) is 0 Å². The molecule has 0 aliphatic carbocycles. The topological polar surface area (TPSA) is 6.48 Å². The third-order valence-corrected chi connectivity index (χ3v) is 12.5. The van der Waals surface area contributed by atoms with Crippen molar-refractivity contribution >= 4 is 58.4 Å². The smallest absolute Gasteiger partial charge is 0.0490 e. The summed E-state index contributed by atoms with van der Waals surface area (Å²) in [5.74, 6) is 0. The highest BCUT2D eigenvalue weighted by Gasteiger charge is 2.17. The Morgan fingerprint density at radius 1 is 0.273 bits per heavy atom. The summed E-state index contributed by atoms with van der Waals surface area (Å²) in [7, 11) is 0. The van der Waals surface area contributed by atoms with Crippen molar-refractivity contribution in [2.75, 3.05) is 9.80 Å². The summed E-state index contributed by atoms with van der Waals surface area (Å²) >= 11 is 0. The zero-order valence-electron chi connectivity index (χ0n) is 38.8. The second-order valence-corrected chi connectivity index (χ2v) is 17.5. The fourth-order valence-corrected chi connectivity index (χ4v) is 8.73. The molecule has 0 heterocycles. The first-order chi connectivity index (χ1) is 32.1. The molecule has 66 heavy (non-hydrogen) atoms. The van der Waals surface area contributed by atoms with Gasteiger partial charge in [-0.1, -0.05) is 187 Å². The maximum absolute atomic E-state index is 2.36. The zero-order valence-corrected chi connectivity index (χ0v) is 38.8. The molecule has 322 valence electrons. The summed E-state index contributed by atoms with van der Waals surface area (Å²) < 4.78 is 0. The quantitative estimate of drug-likeness (QED) is 0.113. The van der Waals surface area contributed by atoms with Crippen LogP contribution in [0.3, 0.4) is 0 Å². The van der Waals surface area contributed by atoms with Gasteiger partial charge in [-0.3, -0.25) is 0 Å². The monoisotopic (exact) mass is 852 g/mol. The third kappa shape index (κ3) is 9.89. The van der Waals surface area contributed by atoms with E-state index in [1.165, 1.54) is 83.7 Å². The number of anilines is 6. The minimum atomic E-state index is 1.12. The first kappa shape index (κ1) is 43.3. The van der Waals surface area contributed by atoms with Crippen LogP contribution in [0.1, 0.15) is 55.6 Å². The molecule has 0 atom stereocenters. The summed E-state index contributed by atoms with van der Waals surface area (Å²) in [4.78, 5) is 4.72. The normalized spacial score (nSPS) is 11.4. The van der Waals surface area contributed by atoms with Crippen LogP contribution in [0.5, 0.6) is 0 Å². The summed E-state index contributed by atoms with van der Waals surface area (Å²) in [6.45, 7) is 13.0. The number of benzene rings is 9. The van der Waals surface area contributed by atoms with E-state index in [2.05, 4.69) is 282 Å². The molecule has 2 heteroatoms. The van der Waals surface area contributed by atoms with Crippen molar-refractivity contribution in [2.24, 2.45) is 0 Å². The number of rotatable bonds is 12. The lowest BCUT2D eigenvalue weighted by molar-refractivity contribution is 1.24. The van der Waals surface area contributed by atoms with Crippen LogP contribution in [0.15, 0.2) is 206 Å². The molecule has 0 radical (unpaired) electrons. The third-order valence-electron chi connectivity index (χ3n) is 12.5. The van der Waals surface area contributed by atoms with E-state index in [9.17, 15) is 0 Å². The van der Waals surface area contributed by atoms with Crippen LogP contribution in [-0.2, 0) is 0 Å². The van der Waals surface area contributed by atoms with Gasteiger partial charge in [-0.2, -0.15) is 0 Å². The van der Waals surface area contributed by atoms with Gasteiger partial charge in [0.15, 0.2) is 0 Å². The largest absolute Gasteiger partial charge is 0.310 e. The van der Waals surface area contributed by atoms with Crippen LogP contribution >= 0.6 is 0 Å². The predicted octanol–water partition coefficient (Wildman–Crippen LogP) is 18.2. The summed E-state index contributed by atoms with van der Waals surface area (Å²) in [5.41, 5.74) is 23.8. The fraction of sp³-hybridized carbons (Fsp3) is 0.0938. The van der Waals surface area contributed by atoms with Crippen LogP contribution in [0.2, 0.25) is 0 Å². The maximum atomic E-state index is 2.36. The fourth-order valence-electron chi connectivity index (χ4n) is 8.73. The minimum absolute atomic E-state index is 1.12. The summed E-state index contributed by atoms with van der Waals surface area (Å²) in [6.07, 6.45) is 8.74. The standard InChI is InChI=1S/C64H56N2/c1-45-11-15-51(16-12-45)17-18-52-20-33-59(34-21-52)65(63-41-13-46(2)43-49(63)5)61-37-29-57(30-38-61)55-25-27-56(28-26-55)58-31-39-62(40-32-58)66(64-42-14-47(3)44-50(64)6)60-35-22-53(23-36-60)19-24-54-10-8-7-9-48(54)4/h7-44H,1-6H3. The van der Waals surface area contributed by atoms with Gasteiger partial charge in [-0.05, 0) is 163 Å². The molecule has 0 aliphatic rings. The molecule has 9 aromatic carbocycles. The van der Waals surface area contributed by atoms with E-state index >= 15 is 0 Å². The summed E-state index contributed by atoms with van der Waals surface area (Å²) in [6, 6.07) is 75.1. The average molecular weight is 853 g/mol. The SMILES string of the molecule is Cc1ccc(C=Cc2ccc(N(c3ccc(-c4ccc(-c5ccc(N(c6ccc(C=Cc7ccccc7C)cc6)c6ccc(C)cc6C)cc5)cc4)cc3)c3ccc(C)cc3C)cc2)cc1. The molecule has 0 bridgehead atoms. The second kappa shape index (κ2) is 19.4. The molecule has 0 saturated heterocycles. The van der Waals surface area contributed by atoms with Crippen molar-refractivity contribution in [3.8, 4) is 22.3 Å². The van der Waals surface area contributed by atoms with Crippen molar-refractivity contribution in [2.45, 2.75) is 41.5 Å². The van der Waals surface area contributed by atoms with Crippen LogP contribution < -0.4 is 9.80 Å². The molecule has 0 amide bonds. The lowest BCUT2D eigenvalue weighted by atomic mass is 9.99. The highest BCUT2D eigenvalue weighted by molar-refractivity contribution is 5.83. The van der Waals surface area contributed by atoms with E-state index in [4.69, 9.17) is 0 Å². The average Bonchev–Trinajstić information content (AvgIpc) is 3.34. The Bertz CT molecular complexity index is 3140. The highest BCUT2D eigenvalue weighted by Crippen LogP contribution is 2.40. The lowest BCUT2D eigenvalue weighted by Crippen LogP contribution is -2.11. The maximum Gasteiger partial charge on any atom is 0.0490 e. The molecule has 0 aliphatic heterocycles. The number of aryl methyl sites for hydroxylation is 6. The molecule has 0 fully saturated rings. The Balaban J connectivity index is 0.943. The van der Waals surface area contributed by atoms with Gasteiger partial charge in [-0.15, -0.1) is 0 Å². The van der Waals surface area contributed by atoms with E-state index in [1.54, 1.807) is 0 Å². The first-order valence-corrected chi connectivity index (χ1v) is 22.9. The molecule has 0 aromatic heterocycles. The van der Waals surface area contributed by atoms with E-state index < -0.39 is 0 Å². The van der Waals surface area contributed by atoms with Gasteiger partial charge in [-0.25, -0.2) is 0 Å². The van der Waals surface area contributed by atoms with Gasteiger partial charge < -0.3 is 9.80 Å². The van der Waals surface area contributed by atoms with Gasteiger partial charge in [0.05, 0.1) is 0 Å². The van der Waals surface area contributed by atoms with E-state index in [1.807, 2.05) is 0 Å². The molecule has 0 spiro atoms. The molecule has 0 N–H and O–H groups in total.